The van der Waals surface area contributed by atoms with Crippen LogP contribution < -0.4 is 20.7 Å². The molecular weight excluding hydrogens is 404 g/mol. The van der Waals surface area contributed by atoms with Crippen LogP contribution in [0.5, 0.6) is 5.75 Å². The van der Waals surface area contributed by atoms with Crippen molar-refractivity contribution in [3.05, 3.63) is 54.1 Å². The fraction of sp³-hybridized carbons (Fsp3) is 0.440. The molecule has 1 aliphatic heterocycles. The van der Waals surface area contributed by atoms with Gasteiger partial charge in [0.25, 0.3) is 5.91 Å². The highest BCUT2D eigenvalue weighted by Gasteiger charge is 2.21. The smallest absolute Gasteiger partial charge is 0.255 e. The number of amides is 2. The zero-order chi connectivity index (χ0) is 22.9. The predicted octanol–water partition coefficient (Wildman–Crippen LogP) is 3.74. The number of ether oxygens (including phenoxy) is 1. The van der Waals surface area contributed by atoms with Crippen LogP contribution in [0.1, 0.15) is 44.0 Å². The Labute approximate surface area is 190 Å². The molecule has 3 rings (SSSR count). The minimum Gasteiger partial charge on any atom is -0.494 e. The van der Waals surface area contributed by atoms with Gasteiger partial charge < -0.3 is 20.7 Å². The normalized spacial score (nSPS) is 14.9. The summed E-state index contributed by atoms with van der Waals surface area (Å²) in [6.45, 7) is 9.07. The van der Waals surface area contributed by atoms with Crippen LogP contribution in [0.4, 0.5) is 11.4 Å². The zero-order valence-corrected chi connectivity index (χ0v) is 19.2. The van der Waals surface area contributed by atoms with Crippen LogP contribution in [0, 0.1) is 0 Å². The van der Waals surface area contributed by atoms with Crippen molar-refractivity contribution in [3.63, 3.8) is 0 Å². The lowest BCUT2D eigenvalue weighted by atomic mass is 10.0. The molecule has 7 nitrogen and oxygen atoms in total. The van der Waals surface area contributed by atoms with Gasteiger partial charge in [-0.2, -0.15) is 0 Å². The van der Waals surface area contributed by atoms with E-state index < -0.39 is 0 Å². The van der Waals surface area contributed by atoms with Crippen molar-refractivity contribution >= 4 is 23.2 Å². The average molecular weight is 439 g/mol. The van der Waals surface area contributed by atoms with E-state index >= 15 is 0 Å². The summed E-state index contributed by atoms with van der Waals surface area (Å²) in [5, 5.41) is 9.36. The number of piperidine rings is 1. The van der Waals surface area contributed by atoms with Crippen LogP contribution in [0.15, 0.2) is 48.5 Å². The minimum atomic E-state index is -0.204. The number of benzene rings is 2. The van der Waals surface area contributed by atoms with Crippen LogP contribution >= 0.6 is 0 Å². The van der Waals surface area contributed by atoms with E-state index in [1.807, 2.05) is 19.1 Å². The highest BCUT2D eigenvalue weighted by Crippen LogP contribution is 2.17. The number of nitrogens with one attached hydrogen (secondary N) is 3. The van der Waals surface area contributed by atoms with Crippen LogP contribution in [-0.2, 0) is 4.79 Å². The van der Waals surface area contributed by atoms with Gasteiger partial charge in [-0.25, -0.2) is 0 Å². The van der Waals surface area contributed by atoms with Crippen LogP contribution in [0.2, 0.25) is 0 Å². The molecule has 1 aliphatic rings. The Balaban J connectivity index is 1.44. The Hall–Kier alpha value is -2.90. The highest BCUT2D eigenvalue weighted by atomic mass is 16.5. The van der Waals surface area contributed by atoms with Gasteiger partial charge in [0.1, 0.15) is 5.75 Å². The molecule has 0 saturated carbocycles. The SMILES string of the molecule is CCOc1ccc(NC(=O)c2ccc(NC(=O)CN3CCC(NC(C)C)CC3)cc2)cc1. The molecule has 0 bridgehead atoms. The fourth-order valence-corrected chi connectivity index (χ4v) is 3.84. The molecule has 0 atom stereocenters. The van der Waals surface area contributed by atoms with Crippen LogP contribution in [0.3, 0.4) is 0 Å². The molecule has 1 heterocycles. The van der Waals surface area contributed by atoms with Gasteiger partial charge in [0.05, 0.1) is 13.2 Å². The second-order valence-corrected chi connectivity index (χ2v) is 8.41. The van der Waals surface area contributed by atoms with Crippen molar-refractivity contribution in [2.75, 3.05) is 36.9 Å². The number of rotatable bonds is 9. The van der Waals surface area contributed by atoms with E-state index in [0.29, 0.717) is 42.2 Å². The number of hydrogen-bond acceptors (Lipinski definition) is 5. The van der Waals surface area contributed by atoms with E-state index in [4.69, 9.17) is 4.74 Å². The summed E-state index contributed by atoms with van der Waals surface area (Å²) in [4.78, 5) is 27.1. The molecule has 0 radical (unpaired) electrons. The topological polar surface area (TPSA) is 82.7 Å². The maximum absolute atomic E-state index is 12.5. The van der Waals surface area contributed by atoms with Gasteiger partial charge in [-0.15, -0.1) is 0 Å². The van der Waals surface area contributed by atoms with Gasteiger partial charge in [-0.1, -0.05) is 13.8 Å². The van der Waals surface area contributed by atoms with Crippen molar-refractivity contribution in [1.29, 1.82) is 0 Å². The molecule has 1 fully saturated rings. The maximum Gasteiger partial charge on any atom is 0.255 e. The van der Waals surface area contributed by atoms with Crippen molar-refractivity contribution in [2.45, 2.75) is 45.7 Å². The lowest BCUT2D eigenvalue weighted by Gasteiger charge is -2.32. The molecule has 0 aromatic heterocycles. The van der Waals surface area contributed by atoms with Gasteiger partial charge in [0.15, 0.2) is 0 Å². The number of carbonyl (C=O) groups excluding carboxylic acids is 2. The minimum absolute atomic E-state index is 0.0353. The summed E-state index contributed by atoms with van der Waals surface area (Å²) in [5.41, 5.74) is 1.91. The monoisotopic (exact) mass is 438 g/mol. The quantitative estimate of drug-likeness (QED) is 0.556. The lowest BCUT2D eigenvalue weighted by molar-refractivity contribution is -0.117. The summed E-state index contributed by atoms with van der Waals surface area (Å²) in [6.07, 6.45) is 2.12. The molecule has 7 heteroatoms. The molecule has 0 spiro atoms. The summed E-state index contributed by atoms with van der Waals surface area (Å²) < 4.78 is 5.41. The summed E-state index contributed by atoms with van der Waals surface area (Å²) in [7, 11) is 0. The molecule has 2 amide bonds. The van der Waals surface area contributed by atoms with Gasteiger partial charge in [0, 0.05) is 42.1 Å². The van der Waals surface area contributed by atoms with Crippen molar-refractivity contribution in [1.82, 2.24) is 10.2 Å². The number of carbonyl (C=O) groups is 2. The molecular formula is C25H34N4O3. The van der Waals surface area contributed by atoms with E-state index in [9.17, 15) is 9.59 Å². The Morgan fingerprint density at radius 1 is 0.969 bits per heavy atom. The number of hydrogen-bond donors (Lipinski definition) is 3. The Morgan fingerprint density at radius 3 is 2.16 bits per heavy atom. The van der Waals surface area contributed by atoms with Crippen LogP contribution in [-0.4, -0.2) is 55.0 Å². The van der Waals surface area contributed by atoms with E-state index in [1.165, 1.54) is 0 Å². The van der Waals surface area contributed by atoms with Gasteiger partial charge >= 0.3 is 0 Å². The van der Waals surface area contributed by atoms with E-state index in [0.717, 1.165) is 31.7 Å². The number of anilines is 2. The number of likely N-dealkylation sites (tertiary alicyclic amines) is 1. The molecule has 1 saturated heterocycles. The third-order valence-corrected chi connectivity index (χ3v) is 5.38. The van der Waals surface area contributed by atoms with Crippen LogP contribution in [0.25, 0.3) is 0 Å². The molecule has 0 unspecified atom stereocenters. The van der Waals surface area contributed by atoms with Crippen molar-refractivity contribution in [3.8, 4) is 5.75 Å². The first-order valence-corrected chi connectivity index (χ1v) is 11.4. The van der Waals surface area contributed by atoms with E-state index in [-0.39, 0.29) is 11.8 Å². The Morgan fingerprint density at radius 2 is 1.56 bits per heavy atom. The van der Waals surface area contributed by atoms with E-state index in [2.05, 4.69) is 34.7 Å². The summed E-state index contributed by atoms with van der Waals surface area (Å²) >= 11 is 0. The lowest BCUT2D eigenvalue weighted by Crippen LogP contribution is -2.46. The van der Waals surface area contributed by atoms with Crippen molar-refractivity contribution in [2.24, 2.45) is 0 Å². The van der Waals surface area contributed by atoms with Gasteiger partial charge in [-0.05, 0) is 68.3 Å². The third kappa shape index (κ3) is 7.35. The van der Waals surface area contributed by atoms with Gasteiger partial charge in [0.2, 0.25) is 5.91 Å². The predicted molar refractivity (Wildman–Crippen MR) is 128 cm³/mol. The van der Waals surface area contributed by atoms with E-state index in [1.54, 1.807) is 36.4 Å². The summed E-state index contributed by atoms with van der Waals surface area (Å²) in [6, 6.07) is 15.2. The highest BCUT2D eigenvalue weighted by molar-refractivity contribution is 6.04. The first-order valence-electron chi connectivity index (χ1n) is 11.4. The Kier molecular flexibility index (Phi) is 8.64. The molecule has 172 valence electrons. The molecule has 2 aromatic carbocycles. The molecule has 3 N–H and O–H groups in total. The third-order valence-electron chi connectivity index (χ3n) is 5.38. The Bertz CT molecular complexity index is 873. The average Bonchev–Trinajstić information content (AvgIpc) is 2.77. The first kappa shape index (κ1) is 23.8. The second-order valence-electron chi connectivity index (χ2n) is 8.41. The maximum atomic E-state index is 12.5. The molecule has 0 aliphatic carbocycles. The molecule has 2 aromatic rings. The van der Waals surface area contributed by atoms with Crippen molar-refractivity contribution < 1.29 is 14.3 Å². The second kappa shape index (κ2) is 11.6. The standard InChI is InChI=1S/C25H34N4O3/c1-4-32-23-11-9-21(10-12-23)28-25(31)19-5-7-20(8-6-19)27-24(30)17-29-15-13-22(14-16-29)26-18(2)3/h5-12,18,22,26H,4,13-17H2,1-3H3,(H,27,30)(H,28,31). The summed E-state index contributed by atoms with van der Waals surface area (Å²) in [5.74, 6) is 0.527. The molecule has 32 heavy (non-hydrogen) atoms. The largest absolute Gasteiger partial charge is 0.494 e. The first-order chi connectivity index (χ1) is 15.4. The van der Waals surface area contributed by atoms with Gasteiger partial charge in [-0.3, -0.25) is 14.5 Å². The zero-order valence-electron chi connectivity index (χ0n) is 19.2. The number of nitrogens with zero attached hydrogens (tertiary/aromatic N) is 1. The fourth-order valence-electron chi connectivity index (χ4n) is 3.84.